The molecule has 0 N–H and O–H groups in total. The molecule has 1 atom stereocenters. The van der Waals surface area contributed by atoms with Crippen molar-refractivity contribution < 1.29 is 9.53 Å². The number of hydrogen-bond acceptors (Lipinski definition) is 3. The Morgan fingerprint density at radius 1 is 1.62 bits per heavy atom. The highest BCUT2D eigenvalue weighted by molar-refractivity contribution is 5.73. The van der Waals surface area contributed by atoms with Crippen molar-refractivity contribution in [3.8, 4) is 0 Å². The van der Waals surface area contributed by atoms with Crippen LogP contribution >= 0.6 is 0 Å². The number of hydrogen-bond donors (Lipinski definition) is 0. The van der Waals surface area contributed by atoms with Gasteiger partial charge in [-0.05, 0) is 19.3 Å². The summed E-state index contributed by atoms with van der Waals surface area (Å²) in [6.45, 7) is 0.793. The Labute approximate surface area is 76.5 Å². The molecule has 13 heavy (non-hydrogen) atoms. The summed E-state index contributed by atoms with van der Waals surface area (Å²) in [7, 11) is 0. The summed E-state index contributed by atoms with van der Waals surface area (Å²) in [5.74, 6) is 0. The van der Waals surface area contributed by atoms with Crippen LogP contribution in [0, 0.1) is 0 Å². The minimum absolute atomic E-state index is 0.0300. The van der Waals surface area contributed by atoms with E-state index in [9.17, 15) is 4.79 Å². The van der Waals surface area contributed by atoms with Crippen LogP contribution in [-0.4, -0.2) is 22.7 Å². The van der Waals surface area contributed by atoms with Gasteiger partial charge in [0, 0.05) is 12.8 Å². The minimum atomic E-state index is 0.0300. The van der Waals surface area contributed by atoms with Crippen molar-refractivity contribution in [2.45, 2.75) is 25.5 Å². The van der Waals surface area contributed by atoms with Gasteiger partial charge in [0.05, 0.1) is 11.8 Å². The van der Waals surface area contributed by atoms with Crippen molar-refractivity contribution in [3.05, 3.63) is 18.0 Å². The molecule has 0 aromatic carbocycles. The molecule has 0 aliphatic carbocycles. The number of aromatic nitrogens is 2. The lowest BCUT2D eigenvalue weighted by atomic mass is 10.2. The fraction of sp³-hybridized carbons (Fsp3) is 0.556. The van der Waals surface area contributed by atoms with Gasteiger partial charge in [-0.1, -0.05) is 0 Å². The molecule has 4 heteroatoms. The van der Waals surface area contributed by atoms with E-state index in [1.165, 1.54) is 6.42 Å². The van der Waals surface area contributed by atoms with Crippen molar-refractivity contribution in [3.63, 3.8) is 0 Å². The Hall–Kier alpha value is -1.16. The SMILES string of the molecule is O=Cc1cnn([C@@H]2CCCCO2)c1. The number of ether oxygens (including phenoxy) is 1. The van der Waals surface area contributed by atoms with Crippen LogP contribution in [0.5, 0.6) is 0 Å². The molecule has 0 saturated carbocycles. The molecule has 2 rings (SSSR count). The molecular weight excluding hydrogens is 168 g/mol. The van der Waals surface area contributed by atoms with Crippen LogP contribution in [0.1, 0.15) is 35.8 Å². The highest BCUT2D eigenvalue weighted by atomic mass is 16.5. The van der Waals surface area contributed by atoms with E-state index < -0.39 is 0 Å². The molecule has 0 bridgehead atoms. The molecule has 1 aromatic heterocycles. The van der Waals surface area contributed by atoms with Gasteiger partial charge in [-0.15, -0.1) is 0 Å². The van der Waals surface area contributed by atoms with Crippen molar-refractivity contribution in [2.24, 2.45) is 0 Å². The Kier molecular flexibility index (Phi) is 2.40. The van der Waals surface area contributed by atoms with Crippen LogP contribution in [0.2, 0.25) is 0 Å². The summed E-state index contributed by atoms with van der Waals surface area (Å²) in [5, 5.41) is 4.07. The molecule has 0 spiro atoms. The molecule has 1 fully saturated rings. The van der Waals surface area contributed by atoms with E-state index >= 15 is 0 Å². The first-order valence-corrected chi connectivity index (χ1v) is 4.51. The molecular formula is C9H12N2O2. The summed E-state index contributed by atoms with van der Waals surface area (Å²) in [6.07, 6.45) is 7.39. The van der Waals surface area contributed by atoms with Crippen LogP contribution in [-0.2, 0) is 4.74 Å². The number of rotatable bonds is 2. The van der Waals surface area contributed by atoms with Gasteiger partial charge in [0.2, 0.25) is 0 Å². The summed E-state index contributed by atoms with van der Waals surface area (Å²) in [4.78, 5) is 10.4. The van der Waals surface area contributed by atoms with Crippen LogP contribution in [0.15, 0.2) is 12.4 Å². The van der Waals surface area contributed by atoms with E-state index in [1.54, 1.807) is 17.1 Å². The lowest BCUT2D eigenvalue weighted by Crippen LogP contribution is -2.18. The van der Waals surface area contributed by atoms with E-state index in [0.29, 0.717) is 5.56 Å². The molecule has 2 heterocycles. The van der Waals surface area contributed by atoms with Gasteiger partial charge >= 0.3 is 0 Å². The third-order valence-electron chi connectivity index (χ3n) is 2.21. The molecule has 1 saturated heterocycles. The predicted molar refractivity (Wildman–Crippen MR) is 46.5 cm³/mol. The summed E-state index contributed by atoms with van der Waals surface area (Å²) in [5.41, 5.74) is 0.606. The zero-order chi connectivity index (χ0) is 9.10. The summed E-state index contributed by atoms with van der Waals surface area (Å²) < 4.78 is 7.23. The van der Waals surface area contributed by atoms with Gasteiger partial charge < -0.3 is 4.74 Å². The van der Waals surface area contributed by atoms with E-state index in [4.69, 9.17) is 4.74 Å². The van der Waals surface area contributed by atoms with Crippen molar-refractivity contribution >= 4 is 6.29 Å². The van der Waals surface area contributed by atoms with Gasteiger partial charge in [-0.3, -0.25) is 4.79 Å². The number of carbonyl (C=O) groups excluding carboxylic acids is 1. The highest BCUT2D eigenvalue weighted by Gasteiger charge is 2.15. The molecule has 1 aromatic rings. The second kappa shape index (κ2) is 3.70. The zero-order valence-corrected chi connectivity index (χ0v) is 7.35. The maximum Gasteiger partial charge on any atom is 0.153 e. The van der Waals surface area contributed by atoms with Gasteiger partial charge in [-0.25, -0.2) is 4.68 Å². The van der Waals surface area contributed by atoms with E-state index in [1.807, 2.05) is 0 Å². The second-order valence-electron chi connectivity index (χ2n) is 3.19. The predicted octanol–water partition coefficient (Wildman–Crippen LogP) is 1.39. The van der Waals surface area contributed by atoms with Gasteiger partial charge in [0.25, 0.3) is 0 Å². The maximum absolute atomic E-state index is 10.4. The average Bonchev–Trinajstić information content (AvgIpc) is 2.67. The number of carbonyl (C=O) groups is 1. The summed E-state index contributed by atoms with van der Waals surface area (Å²) >= 11 is 0. The standard InChI is InChI=1S/C9H12N2O2/c12-7-8-5-10-11(6-8)9-3-1-2-4-13-9/h5-7,9H,1-4H2/t9-/m0/s1. The Morgan fingerprint density at radius 3 is 3.15 bits per heavy atom. The Morgan fingerprint density at radius 2 is 2.54 bits per heavy atom. The highest BCUT2D eigenvalue weighted by Crippen LogP contribution is 2.21. The molecule has 1 aliphatic heterocycles. The molecule has 70 valence electrons. The molecule has 1 aliphatic rings. The third-order valence-corrected chi connectivity index (χ3v) is 2.21. The maximum atomic E-state index is 10.4. The Bertz CT molecular complexity index is 290. The van der Waals surface area contributed by atoms with Crippen molar-refractivity contribution in [2.75, 3.05) is 6.61 Å². The number of nitrogens with zero attached hydrogens (tertiary/aromatic N) is 2. The molecule has 0 amide bonds. The average molecular weight is 180 g/mol. The lowest BCUT2D eigenvalue weighted by Gasteiger charge is -2.22. The fourth-order valence-corrected chi connectivity index (χ4v) is 1.50. The lowest BCUT2D eigenvalue weighted by molar-refractivity contribution is -0.0395. The molecule has 0 radical (unpaired) electrons. The van der Waals surface area contributed by atoms with E-state index in [0.717, 1.165) is 25.7 Å². The monoisotopic (exact) mass is 180 g/mol. The number of aldehydes is 1. The van der Waals surface area contributed by atoms with Crippen LogP contribution in [0.4, 0.5) is 0 Å². The van der Waals surface area contributed by atoms with Gasteiger partial charge in [-0.2, -0.15) is 5.10 Å². The van der Waals surface area contributed by atoms with Crippen LogP contribution in [0.25, 0.3) is 0 Å². The first-order chi connectivity index (χ1) is 6.40. The first-order valence-electron chi connectivity index (χ1n) is 4.51. The Balaban J connectivity index is 2.09. The van der Waals surface area contributed by atoms with Crippen molar-refractivity contribution in [1.82, 2.24) is 9.78 Å². The largest absolute Gasteiger partial charge is 0.357 e. The van der Waals surface area contributed by atoms with Crippen molar-refractivity contribution in [1.29, 1.82) is 0 Å². The van der Waals surface area contributed by atoms with Gasteiger partial charge in [0.1, 0.15) is 6.23 Å². The smallest absolute Gasteiger partial charge is 0.153 e. The molecule has 4 nitrogen and oxygen atoms in total. The zero-order valence-electron chi connectivity index (χ0n) is 7.35. The quantitative estimate of drug-likeness (QED) is 0.646. The summed E-state index contributed by atoms with van der Waals surface area (Å²) in [6, 6.07) is 0. The molecule has 0 unspecified atom stereocenters. The van der Waals surface area contributed by atoms with E-state index in [-0.39, 0.29) is 6.23 Å². The normalized spacial score (nSPS) is 22.9. The van der Waals surface area contributed by atoms with Crippen LogP contribution < -0.4 is 0 Å². The van der Waals surface area contributed by atoms with Crippen LogP contribution in [0.3, 0.4) is 0 Å². The first kappa shape index (κ1) is 8.44. The third kappa shape index (κ3) is 1.78. The second-order valence-corrected chi connectivity index (χ2v) is 3.19. The minimum Gasteiger partial charge on any atom is -0.357 e. The topological polar surface area (TPSA) is 44.1 Å². The fourth-order valence-electron chi connectivity index (χ4n) is 1.50. The van der Waals surface area contributed by atoms with Gasteiger partial charge in [0.15, 0.2) is 6.29 Å². The van der Waals surface area contributed by atoms with E-state index in [2.05, 4.69) is 5.10 Å².